The lowest BCUT2D eigenvalue weighted by atomic mass is 10.1. The van der Waals surface area contributed by atoms with Crippen molar-refractivity contribution < 1.29 is 19.1 Å². The second-order valence-electron chi connectivity index (χ2n) is 7.32. The zero-order valence-electron chi connectivity index (χ0n) is 16.1. The first-order chi connectivity index (χ1) is 14.1. The molecule has 1 saturated heterocycles. The summed E-state index contributed by atoms with van der Waals surface area (Å²) in [7, 11) is 0. The third-order valence-corrected chi connectivity index (χ3v) is 5.33. The number of carbonyl (C=O) groups excluding carboxylic acids is 3. The number of benzene rings is 1. The largest absolute Gasteiger partial charge is 0.488 e. The fourth-order valence-corrected chi connectivity index (χ4v) is 3.86. The van der Waals surface area contributed by atoms with Crippen LogP contribution in [0.15, 0.2) is 48.8 Å². The van der Waals surface area contributed by atoms with Crippen molar-refractivity contribution in [1.29, 1.82) is 0 Å². The Kier molecular flexibility index (Phi) is 5.55. The van der Waals surface area contributed by atoms with E-state index in [1.165, 1.54) is 4.90 Å². The molecule has 1 aromatic carbocycles. The highest BCUT2D eigenvalue weighted by molar-refractivity contribution is 6.21. The number of nitrogens with zero attached hydrogens (tertiary/aromatic N) is 3. The van der Waals surface area contributed by atoms with Gasteiger partial charge in [0.15, 0.2) is 0 Å². The second kappa shape index (κ2) is 8.43. The lowest BCUT2D eigenvalue weighted by molar-refractivity contribution is -0.134. The van der Waals surface area contributed by atoms with Crippen molar-refractivity contribution in [2.45, 2.75) is 31.8 Å². The minimum absolute atomic E-state index is 0.0321. The summed E-state index contributed by atoms with van der Waals surface area (Å²) >= 11 is 0. The number of hydrogen-bond donors (Lipinski definition) is 0. The van der Waals surface area contributed by atoms with Crippen molar-refractivity contribution in [3.63, 3.8) is 0 Å². The third-order valence-electron chi connectivity index (χ3n) is 5.33. The van der Waals surface area contributed by atoms with Crippen LogP contribution < -0.4 is 4.74 Å². The third kappa shape index (κ3) is 4.13. The van der Waals surface area contributed by atoms with Crippen molar-refractivity contribution in [3.8, 4) is 5.75 Å². The Morgan fingerprint density at radius 1 is 1.07 bits per heavy atom. The lowest BCUT2D eigenvalue weighted by Crippen LogP contribution is -2.44. The van der Waals surface area contributed by atoms with E-state index >= 15 is 0 Å². The number of aromatic nitrogens is 1. The molecule has 2 aliphatic rings. The molecule has 4 rings (SSSR count). The summed E-state index contributed by atoms with van der Waals surface area (Å²) in [5, 5.41) is 0. The summed E-state index contributed by atoms with van der Waals surface area (Å²) in [6.07, 6.45) is 5.87. The maximum absolute atomic E-state index is 12.6. The summed E-state index contributed by atoms with van der Waals surface area (Å²) in [4.78, 5) is 44.4. The quantitative estimate of drug-likeness (QED) is 0.705. The van der Waals surface area contributed by atoms with Crippen LogP contribution in [0.3, 0.4) is 0 Å². The first kappa shape index (κ1) is 19.1. The Labute approximate surface area is 169 Å². The monoisotopic (exact) mass is 393 g/mol. The number of amides is 3. The number of pyridine rings is 1. The molecule has 0 radical (unpaired) electrons. The van der Waals surface area contributed by atoms with E-state index in [1.54, 1.807) is 36.7 Å². The van der Waals surface area contributed by atoms with Gasteiger partial charge in [0.05, 0.1) is 17.7 Å². The lowest BCUT2D eigenvalue weighted by Gasteiger charge is -2.33. The molecule has 2 aromatic rings. The van der Waals surface area contributed by atoms with E-state index in [-0.39, 0.29) is 30.4 Å². The Hall–Kier alpha value is -3.22. The van der Waals surface area contributed by atoms with Crippen LogP contribution in [-0.2, 0) is 4.79 Å². The number of fused-ring (bicyclic) bond motifs is 1. The maximum atomic E-state index is 12.6. The number of rotatable bonds is 6. The summed E-state index contributed by atoms with van der Waals surface area (Å²) in [6.45, 7) is 1.51. The fourth-order valence-electron chi connectivity index (χ4n) is 3.86. The van der Waals surface area contributed by atoms with Gasteiger partial charge in [-0.3, -0.25) is 24.3 Å². The molecule has 0 N–H and O–H groups in total. The molecule has 1 fully saturated rings. The van der Waals surface area contributed by atoms with Gasteiger partial charge in [0, 0.05) is 31.9 Å². The number of carbonyl (C=O) groups is 3. The first-order valence-electron chi connectivity index (χ1n) is 9.93. The molecule has 3 amide bonds. The number of hydrogen-bond acceptors (Lipinski definition) is 5. The highest BCUT2D eigenvalue weighted by Gasteiger charge is 2.34. The molecule has 1 atom stereocenters. The topological polar surface area (TPSA) is 79.8 Å². The van der Waals surface area contributed by atoms with Gasteiger partial charge in [-0.05, 0) is 43.5 Å². The molecule has 3 heterocycles. The Bertz CT molecular complexity index is 880. The molecule has 29 heavy (non-hydrogen) atoms. The average Bonchev–Trinajstić information content (AvgIpc) is 3.00. The van der Waals surface area contributed by atoms with Crippen LogP contribution in [0, 0.1) is 0 Å². The Balaban J connectivity index is 1.27. The second-order valence-corrected chi connectivity index (χ2v) is 7.32. The van der Waals surface area contributed by atoms with Crippen molar-refractivity contribution in [2.75, 3.05) is 19.6 Å². The zero-order chi connectivity index (χ0) is 20.2. The highest BCUT2D eigenvalue weighted by atomic mass is 16.5. The van der Waals surface area contributed by atoms with Gasteiger partial charge >= 0.3 is 0 Å². The van der Waals surface area contributed by atoms with E-state index in [2.05, 4.69) is 4.98 Å². The first-order valence-corrected chi connectivity index (χ1v) is 9.93. The van der Waals surface area contributed by atoms with E-state index in [9.17, 15) is 14.4 Å². The van der Waals surface area contributed by atoms with Crippen LogP contribution in [0.25, 0.3) is 0 Å². The summed E-state index contributed by atoms with van der Waals surface area (Å²) < 4.78 is 5.95. The number of ether oxygens (including phenoxy) is 1. The van der Waals surface area contributed by atoms with E-state index in [0.29, 0.717) is 37.1 Å². The molecule has 7 nitrogen and oxygen atoms in total. The molecule has 0 saturated carbocycles. The molecule has 0 bridgehead atoms. The van der Waals surface area contributed by atoms with Gasteiger partial charge in [-0.2, -0.15) is 0 Å². The Morgan fingerprint density at radius 3 is 2.45 bits per heavy atom. The summed E-state index contributed by atoms with van der Waals surface area (Å²) in [5.41, 5.74) is 0.881. The van der Waals surface area contributed by atoms with Crippen molar-refractivity contribution in [1.82, 2.24) is 14.8 Å². The van der Waals surface area contributed by atoms with Crippen LogP contribution in [0.5, 0.6) is 5.75 Å². The number of imide groups is 1. The van der Waals surface area contributed by atoms with E-state index < -0.39 is 0 Å². The fraction of sp³-hybridized carbons (Fsp3) is 0.364. The van der Waals surface area contributed by atoms with Gasteiger partial charge in [0.25, 0.3) is 11.8 Å². The van der Waals surface area contributed by atoms with E-state index in [1.807, 2.05) is 17.0 Å². The average molecular weight is 393 g/mol. The zero-order valence-corrected chi connectivity index (χ0v) is 16.1. The van der Waals surface area contributed by atoms with Gasteiger partial charge < -0.3 is 9.64 Å². The number of piperidine rings is 1. The van der Waals surface area contributed by atoms with Gasteiger partial charge in [-0.1, -0.05) is 12.1 Å². The standard InChI is InChI=1S/C22H23N3O4/c26-20(24-13-3-5-17(15-24)29-16-9-11-23-12-10-16)8-4-14-25-21(27)18-6-1-2-7-19(18)22(25)28/h1-2,6-7,9-12,17H,3-5,8,13-15H2. The van der Waals surface area contributed by atoms with E-state index in [0.717, 1.165) is 18.6 Å². The molecular formula is C22H23N3O4. The van der Waals surface area contributed by atoms with Crippen molar-refractivity contribution >= 4 is 17.7 Å². The van der Waals surface area contributed by atoms with Crippen molar-refractivity contribution in [3.05, 3.63) is 59.9 Å². The van der Waals surface area contributed by atoms with Gasteiger partial charge in [-0.25, -0.2) is 0 Å². The molecule has 1 unspecified atom stereocenters. The van der Waals surface area contributed by atoms with Crippen molar-refractivity contribution in [2.24, 2.45) is 0 Å². The van der Waals surface area contributed by atoms with Gasteiger partial charge in [0.2, 0.25) is 5.91 Å². The summed E-state index contributed by atoms with van der Waals surface area (Å²) in [6, 6.07) is 10.4. The summed E-state index contributed by atoms with van der Waals surface area (Å²) in [5.74, 6) is 0.234. The minimum Gasteiger partial charge on any atom is -0.488 e. The molecule has 0 aliphatic carbocycles. The molecule has 1 aromatic heterocycles. The minimum atomic E-state index is -0.276. The maximum Gasteiger partial charge on any atom is 0.261 e. The normalized spacial score (nSPS) is 18.7. The van der Waals surface area contributed by atoms with Crippen LogP contribution in [-0.4, -0.2) is 58.2 Å². The predicted molar refractivity (Wildman–Crippen MR) is 106 cm³/mol. The van der Waals surface area contributed by atoms with Crippen LogP contribution in [0.1, 0.15) is 46.4 Å². The van der Waals surface area contributed by atoms with Crippen LogP contribution >= 0.6 is 0 Å². The van der Waals surface area contributed by atoms with Crippen LogP contribution in [0.2, 0.25) is 0 Å². The molecule has 2 aliphatic heterocycles. The molecule has 0 spiro atoms. The molecule has 150 valence electrons. The molecule has 7 heteroatoms. The van der Waals surface area contributed by atoms with E-state index in [4.69, 9.17) is 4.74 Å². The van der Waals surface area contributed by atoms with Crippen LogP contribution in [0.4, 0.5) is 0 Å². The predicted octanol–water partition coefficient (Wildman–Crippen LogP) is 2.53. The Morgan fingerprint density at radius 2 is 1.76 bits per heavy atom. The SMILES string of the molecule is O=C(CCCN1C(=O)c2ccccc2C1=O)N1CCCC(Oc2ccncc2)C1. The van der Waals surface area contributed by atoms with Gasteiger partial charge in [0.1, 0.15) is 11.9 Å². The van der Waals surface area contributed by atoms with Gasteiger partial charge in [-0.15, -0.1) is 0 Å². The molecular weight excluding hydrogens is 370 g/mol. The highest BCUT2D eigenvalue weighted by Crippen LogP contribution is 2.23. The number of likely N-dealkylation sites (tertiary alicyclic amines) is 1. The smallest absolute Gasteiger partial charge is 0.261 e.